The number of hydrogen-bond acceptors (Lipinski definition) is 2. The molecule has 1 rings (SSSR count). The van der Waals surface area contributed by atoms with Gasteiger partial charge in [-0.05, 0) is 6.92 Å². The Hall–Kier alpha value is -1.35. The summed E-state index contributed by atoms with van der Waals surface area (Å²) in [7, 11) is 0. The summed E-state index contributed by atoms with van der Waals surface area (Å²) in [6.07, 6.45) is 4.66. The van der Waals surface area contributed by atoms with Crippen LogP contribution < -0.4 is 0 Å². The van der Waals surface area contributed by atoms with Crippen molar-refractivity contribution >= 4 is 5.91 Å². The number of β-amino-alcohol motifs (C(OH)–C–C–N with tert-alkyl or cyclic N) is 1. The van der Waals surface area contributed by atoms with Crippen LogP contribution in [0.3, 0.4) is 0 Å². The molecule has 1 heterocycles. The maximum atomic E-state index is 11.7. The Bertz CT molecular complexity index is 294. The zero-order valence-electron chi connectivity index (χ0n) is 8.36. The molecule has 76 valence electrons. The number of amides is 1. The largest absolute Gasteiger partial charge is 0.386 e. The third-order valence-corrected chi connectivity index (χ3v) is 2.11. The molecule has 1 saturated heterocycles. The first-order valence-corrected chi connectivity index (χ1v) is 4.47. The molecular weight excluding hydrogens is 178 g/mol. The average molecular weight is 193 g/mol. The molecule has 0 aromatic heterocycles. The van der Waals surface area contributed by atoms with E-state index in [-0.39, 0.29) is 5.91 Å². The van der Waals surface area contributed by atoms with Crippen molar-refractivity contribution in [1.29, 1.82) is 0 Å². The molecule has 0 atom stereocenters. The Morgan fingerprint density at radius 1 is 1.50 bits per heavy atom. The molecule has 1 amide bonds. The summed E-state index contributed by atoms with van der Waals surface area (Å²) in [5.74, 6) is -0.105. The standard InChI is InChI=1S/C11H15NO2/c1-4-6-9(5-2)10(13)12-7-11(3,14)8-12/h4-6,14H,1-2,7-8H2,3H3/b9-6+. The highest BCUT2D eigenvalue weighted by Crippen LogP contribution is 2.21. The van der Waals surface area contributed by atoms with E-state index in [0.29, 0.717) is 18.7 Å². The molecule has 0 bridgehead atoms. The van der Waals surface area contributed by atoms with E-state index in [1.807, 2.05) is 0 Å². The summed E-state index contributed by atoms with van der Waals surface area (Å²) in [6.45, 7) is 9.55. The fourth-order valence-corrected chi connectivity index (χ4v) is 1.46. The van der Waals surface area contributed by atoms with E-state index in [9.17, 15) is 9.90 Å². The maximum Gasteiger partial charge on any atom is 0.254 e. The van der Waals surface area contributed by atoms with Crippen molar-refractivity contribution in [3.05, 3.63) is 37.0 Å². The van der Waals surface area contributed by atoms with Crippen LogP contribution >= 0.6 is 0 Å². The van der Waals surface area contributed by atoms with Gasteiger partial charge >= 0.3 is 0 Å². The van der Waals surface area contributed by atoms with Crippen molar-refractivity contribution in [2.75, 3.05) is 13.1 Å². The zero-order valence-corrected chi connectivity index (χ0v) is 8.36. The van der Waals surface area contributed by atoms with Crippen LogP contribution in [0.5, 0.6) is 0 Å². The topological polar surface area (TPSA) is 40.5 Å². The van der Waals surface area contributed by atoms with Crippen LogP contribution in [0.25, 0.3) is 0 Å². The number of rotatable bonds is 3. The highest BCUT2D eigenvalue weighted by Gasteiger charge is 2.39. The second kappa shape index (κ2) is 3.80. The lowest BCUT2D eigenvalue weighted by molar-refractivity contribution is -0.147. The molecule has 3 heteroatoms. The monoisotopic (exact) mass is 193 g/mol. The molecule has 1 aliphatic heterocycles. The summed E-state index contributed by atoms with van der Waals surface area (Å²) in [4.78, 5) is 13.2. The molecule has 0 aromatic carbocycles. The Labute approximate surface area is 84.0 Å². The van der Waals surface area contributed by atoms with Gasteiger partial charge in [-0.25, -0.2) is 0 Å². The Balaban J connectivity index is 2.63. The molecule has 14 heavy (non-hydrogen) atoms. The van der Waals surface area contributed by atoms with E-state index in [1.165, 1.54) is 6.08 Å². The number of aliphatic hydroxyl groups is 1. The lowest BCUT2D eigenvalue weighted by Gasteiger charge is -2.44. The molecule has 0 aliphatic carbocycles. The van der Waals surface area contributed by atoms with E-state index in [1.54, 1.807) is 24.0 Å². The lowest BCUT2D eigenvalue weighted by atomic mass is 9.96. The second-order valence-corrected chi connectivity index (χ2v) is 3.72. The molecular formula is C11H15NO2. The van der Waals surface area contributed by atoms with Crippen molar-refractivity contribution in [2.45, 2.75) is 12.5 Å². The number of likely N-dealkylation sites (tertiary alicyclic amines) is 1. The van der Waals surface area contributed by atoms with Crippen LogP contribution in [0.15, 0.2) is 37.0 Å². The number of carbonyl (C=O) groups excluding carboxylic acids is 1. The van der Waals surface area contributed by atoms with E-state index < -0.39 is 5.60 Å². The number of hydrogen-bond donors (Lipinski definition) is 1. The summed E-state index contributed by atoms with van der Waals surface area (Å²) in [5, 5.41) is 9.46. The minimum absolute atomic E-state index is 0.105. The zero-order chi connectivity index (χ0) is 10.8. The first-order chi connectivity index (χ1) is 6.50. The average Bonchev–Trinajstić information content (AvgIpc) is 2.09. The smallest absolute Gasteiger partial charge is 0.254 e. The van der Waals surface area contributed by atoms with Crippen molar-refractivity contribution in [1.82, 2.24) is 4.90 Å². The van der Waals surface area contributed by atoms with Crippen LogP contribution in [0.4, 0.5) is 0 Å². The van der Waals surface area contributed by atoms with Gasteiger partial charge in [0, 0.05) is 5.57 Å². The molecule has 1 aliphatic rings. The molecule has 0 radical (unpaired) electrons. The first kappa shape index (κ1) is 10.7. The number of nitrogens with zero attached hydrogens (tertiary/aromatic N) is 1. The summed E-state index contributed by atoms with van der Waals surface area (Å²) >= 11 is 0. The molecule has 1 N–H and O–H groups in total. The van der Waals surface area contributed by atoms with Gasteiger partial charge in [-0.1, -0.05) is 31.4 Å². The summed E-state index contributed by atoms with van der Waals surface area (Å²) in [6, 6.07) is 0. The minimum atomic E-state index is -0.726. The van der Waals surface area contributed by atoms with Crippen molar-refractivity contribution in [3.63, 3.8) is 0 Å². The van der Waals surface area contributed by atoms with Crippen LogP contribution in [-0.2, 0) is 4.79 Å². The van der Waals surface area contributed by atoms with Crippen molar-refractivity contribution < 1.29 is 9.90 Å². The predicted molar refractivity (Wildman–Crippen MR) is 55.7 cm³/mol. The van der Waals surface area contributed by atoms with E-state index in [2.05, 4.69) is 13.2 Å². The Morgan fingerprint density at radius 2 is 2.07 bits per heavy atom. The fraction of sp³-hybridized carbons (Fsp3) is 0.364. The molecule has 0 aromatic rings. The highest BCUT2D eigenvalue weighted by atomic mass is 16.3. The van der Waals surface area contributed by atoms with Gasteiger partial charge < -0.3 is 10.0 Å². The molecule has 0 saturated carbocycles. The third-order valence-electron chi connectivity index (χ3n) is 2.11. The van der Waals surface area contributed by atoms with Gasteiger partial charge in [-0.15, -0.1) is 0 Å². The summed E-state index contributed by atoms with van der Waals surface area (Å²) in [5.41, 5.74) is -0.216. The van der Waals surface area contributed by atoms with Crippen molar-refractivity contribution in [3.8, 4) is 0 Å². The highest BCUT2D eigenvalue weighted by molar-refractivity contribution is 5.97. The van der Waals surface area contributed by atoms with Crippen LogP contribution in [0.2, 0.25) is 0 Å². The molecule has 1 fully saturated rings. The number of carbonyl (C=O) groups is 1. The fourth-order valence-electron chi connectivity index (χ4n) is 1.46. The maximum absolute atomic E-state index is 11.7. The van der Waals surface area contributed by atoms with Crippen LogP contribution in [0, 0.1) is 0 Å². The quantitative estimate of drug-likeness (QED) is 0.534. The molecule has 0 unspecified atom stereocenters. The predicted octanol–water partition coefficient (Wildman–Crippen LogP) is 0.878. The van der Waals surface area contributed by atoms with Crippen LogP contribution in [-0.4, -0.2) is 34.6 Å². The second-order valence-electron chi connectivity index (χ2n) is 3.72. The van der Waals surface area contributed by atoms with Crippen LogP contribution in [0.1, 0.15) is 6.92 Å². The van der Waals surface area contributed by atoms with E-state index in [0.717, 1.165) is 0 Å². The lowest BCUT2D eigenvalue weighted by Crippen LogP contribution is -2.61. The van der Waals surface area contributed by atoms with Gasteiger partial charge in [-0.3, -0.25) is 4.79 Å². The van der Waals surface area contributed by atoms with Gasteiger partial charge in [0.1, 0.15) is 0 Å². The van der Waals surface area contributed by atoms with Gasteiger partial charge in [0.2, 0.25) is 0 Å². The summed E-state index contributed by atoms with van der Waals surface area (Å²) < 4.78 is 0. The normalized spacial score (nSPS) is 19.9. The minimum Gasteiger partial charge on any atom is -0.386 e. The Morgan fingerprint density at radius 3 is 2.43 bits per heavy atom. The Kier molecular flexibility index (Phi) is 2.91. The SMILES string of the molecule is C=C/C=C(\C=C)C(=O)N1CC(C)(O)C1. The third kappa shape index (κ3) is 2.12. The van der Waals surface area contributed by atoms with Gasteiger partial charge in [-0.2, -0.15) is 0 Å². The van der Waals surface area contributed by atoms with E-state index >= 15 is 0 Å². The first-order valence-electron chi connectivity index (χ1n) is 4.47. The van der Waals surface area contributed by atoms with Gasteiger partial charge in [0.05, 0.1) is 18.7 Å². The van der Waals surface area contributed by atoms with E-state index in [4.69, 9.17) is 0 Å². The van der Waals surface area contributed by atoms with Gasteiger partial charge in [0.25, 0.3) is 5.91 Å². The molecule has 3 nitrogen and oxygen atoms in total. The number of allylic oxidation sites excluding steroid dienone is 2. The van der Waals surface area contributed by atoms with Gasteiger partial charge in [0.15, 0.2) is 0 Å². The molecule has 0 spiro atoms. The van der Waals surface area contributed by atoms with Crippen molar-refractivity contribution in [2.24, 2.45) is 0 Å².